The Morgan fingerprint density at radius 1 is 1.31 bits per heavy atom. The lowest BCUT2D eigenvalue weighted by Crippen LogP contribution is -2.26. The van der Waals surface area contributed by atoms with Crippen LogP contribution in [0.25, 0.3) is 17.0 Å². The summed E-state index contributed by atoms with van der Waals surface area (Å²) in [5.41, 5.74) is 2.22. The van der Waals surface area contributed by atoms with Gasteiger partial charge in [-0.3, -0.25) is 4.79 Å². The van der Waals surface area contributed by atoms with Crippen molar-refractivity contribution in [3.8, 4) is 6.07 Å². The van der Waals surface area contributed by atoms with Crippen molar-refractivity contribution in [2.75, 3.05) is 25.5 Å². The third kappa shape index (κ3) is 3.78. The van der Waals surface area contributed by atoms with E-state index in [9.17, 15) is 10.1 Å². The molecule has 0 atom stereocenters. The van der Waals surface area contributed by atoms with Crippen LogP contribution in [0.4, 0.5) is 5.88 Å². The number of nitrogens with zero attached hydrogens (tertiary/aromatic N) is 2. The smallest absolute Gasteiger partial charge is 0.262 e. The highest BCUT2D eigenvalue weighted by Gasteiger charge is 2.11. The van der Waals surface area contributed by atoms with Crippen molar-refractivity contribution in [3.05, 3.63) is 59.5 Å². The van der Waals surface area contributed by atoms with E-state index in [1.165, 1.54) is 6.08 Å². The molecule has 0 fully saturated rings. The van der Waals surface area contributed by atoms with Gasteiger partial charge in [0, 0.05) is 49.9 Å². The van der Waals surface area contributed by atoms with Gasteiger partial charge in [-0.05, 0) is 24.1 Å². The number of carbonyl (C=O) groups excluding carboxylic acids is 1. The van der Waals surface area contributed by atoms with Gasteiger partial charge in [0.1, 0.15) is 17.4 Å². The van der Waals surface area contributed by atoms with Crippen LogP contribution in [0.2, 0.25) is 0 Å². The zero-order valence-corrected chi connectivity index (χ0v) is 14.7. The Kier molecular flexibility index (Phi) is 5.09. The fourth-order valence-corrected chi connectivity index (χ4v) is 2.70. The molecule has 2 N–H and O–H groups in total. The molecule has 0 unspecified atom stereocenters. The number of aromatic amines is 1. The van der Waals surface area contributed by atoms with Crippen LogP contribution in [0.3, 0.4) is 0 Å². The molecule has 0 radical (unpaired) electrons. The molecule has 0 aliphatic carbocycles. The number of amides is 1. The van der Waals surface area contributed by atoms with Gasteiger partial charge in [-0.2, -0.15) is 5.26 Å². The van der Waals surface area contributed by atoms with Crippen LogP contribution in [-0.2, 0) is 11.2 Å². The maximum Gasteiger partial charge on any atom is 0.262 e. The Morgan fingerprint density at radius 3 is 2.85 bits per heavy atom. The molecule has 6 nitrogen and oxygen atoms in total. The van der Waals surface area contributed by atoms with E-state index in [1.54, 1.807) is 12.1 Å². The zero-order chi connectivity index (χ0) is 18.5. The highest BCUT2D eigenvalue weighted by atomic mass is 16.4. The van der Waals surface area contributed by atoms with Gasteiger partial charge in [-0.15, -0.1) is 0 Å². The second-order valence-corrected chi connectivity index (χ2v) is 6.11. The number of nitriles is 1. The molecular formula is C20H20N4O2. The second kappa shape index (κ2) is 7.62. The average Bonchev–Trinajstić information content (AvgIpc) is 3.27. The van der Waals surface area contributed by atoms with Gasteiger partial charge in [0.15, 0.2) is 5.88 Å². The molecule has 3 rings (SSSR count). The molecule has 6 heteroatoms. The molecule has 0 bridgehead atoms. The highest BCUT2D eigenvalue weighted by molar-refractivity contribution is 6.01. The summed E-state index contributed by atoms with van der Waals surface area (Å²) in [7, 11) is 3.71. The Labute approximate surface area is 151 Å². The van der Waals surface area contributed by atoms with Crippen molar-refractivity contribution in [2.45, 2.75) is 6.42 Å². The number of carbonyl (C=O) groups is 1. The van der Waals surface area contributed by atoms with Crippen LogP contribution < -0.4 is 10.2 Å². The molecule has 26 heavy (non-hydrogen) atoms. The number of anilines is 1. The molecule has 1 aromatic carbocycles. The van der Waals surface area contributed by atoms with Gasteiger partial charge in [0.25, 0.3) is 5.91 Å². The summed E-state index contributed by atoms with van der Waals surface area (Å²) in [6, 6.07) is 13.5. The van der Waals surface area contributed by atoms with Gasteiger partial charge in [0.05, 0.1) is 0 Å². The molecule has 0 saturated carbocycles. The molecule has 0 saturated heterocycles. The predicted molar refractivity (Wildman–Crippen MR) is 102 cm³/mol. The number of fused-ring (bicyclic) bond motifs is 1. The van der Waals surface area contributed by atoms with Crippen molar-refractivity contribution in [1.29, 1.82) is 5.26 Å². The van der Waals surface area contributed by atoms with Crippen LogP contribution in [0.5, 0.6) is 0 Å². The van der Waals surface area contributed by atoms with E-state index in [1.807, 2.05) is 55.5 Å². The predicted octanol–water partition coefficient (Wildman–Crippen LogP) is 3.09. The number of hydrogen-bond acceptors (Lipinski definition) is 4. The molecule has 2 heterocycles. The minimum absolute atomic E-state index is 0.0172. The molecule has 2 aromatic heterocycles. The third-order valence-corrected chi connectivity index (χ3v) is 4.06. The number of aromatic nitrogens is 1. The molecule has 0 aliphatic heterocycles. The first-order valence-electron chi connectivity index (χ1n) is 8.30. The zero-order valence-electron chi connectivity index (χ0n) is 14.7. The quantitative estimate of drug-likeness (QED) is 0.529. The fraction of sp³-hybridized carbons (Fsp3) is 0.200. The van der Waals surface area contributed by atoms with E-state index in [-0.39, 0.29) is 5.57 Å². The fourth-order valence-electron chi connectivity index (χ4n) is 2.70. The van der Waals surface area contributed by atoms with Crippen LogP contribution in [-0.4, -0.2) is 31.5 Å². The summed E-state index contributed by atoms with van der Waals surface area (Å²) in [6.45, 7) is 0.445. The first-order chi connectivity index (χ1) is 12.6. The van der Waals surface area contributed by atoms with E-state index >= 15 is 0 Å². The van der Waals surface area contributed by atoms with Gasteiger partial charge < -0.3 is 19.6 Å². The topological polar surface area (TPSA) is 85.1 Å². The van der Waals surface area contributed by atoms with Gasteiger partial charge in [0.2, 0.25) is 0 Å². The van der Waals surface area contributed by atoms with Crippen LogP contribution in [0.1, 0.15) is 11.3 Å². The standard InChI is InChI=1S/C20H20N4O2/c1-24(2)19-8-7-16(26-19)11-15(12-21)20(25)22-10-9-14-13-23-18-6-4-3-5-17(14)18/h3-8,11,13,23H,9-10H2,1-2H3,(H,22,25). The summed E-state index contributed by atoms with van der Waals surface area (Å²) in [5, 5.41) is 13.2. The summed E-state index contributed by atoms with van der Waals surface area (Å²) in [6.07, 6.45) is 4.08. The number of para-hydroxylation sites is 1. The molecule has 0 spiro atoms. The summed E-state index contributed by atoms with van der Waals surface area (Å²) in [4.78, 5) is 17.3. The van der Waals surface area contributed by atoms with Crippen LogP contribution in [0.15, 0.2) is 52.6 Å². The lowest BCUT2D eigenvalue weighted by Gasteiger charge is -2.06. The Balaban J connectivity index is 1.62. The Morgan fingerprint density at radius 2 is 2.12 bits per heavy atom. The average molecular weight is 348 g/mol. The van der Waals surface area contributed by atoms with Crippen molar-refractivity contribution in [2.24, 2.45) is 0 Å². The monoisotopic (exact) mass is 348 g/mol. The number of hydrogen-bond donors (Lipinski definition) is 2. The van der Waals surface area contributed by atoms with E-state index in [0.29, 0.717) is 24.6 Å². The number of H-pyrrole nitrogens is 1. The normalized spacial score (nSPS) is 11.3. The van der Waals surface area contributed by atoms with Crippen LogP contribution >= 0.6 is 0 Å². The third-order valence-electron chi connectivity index (χ3n) is 4.06. The summed E-state index contributed by atoms with van der Waals surface area (Å²) in [5.74, 6) is 0.723. The Bertz CT molecular complexity index is 989. The van der Waals surface area contributed by atoms with E-state index < -0.39 is 5.91 Å². The first-order valence-corrected chi connectivity index (χ1v) is 8.30. The number of rotatable bonds is 6. The van der Waals surface area contributed by atoms with Gasteiger partial charge in [-0.25, -0.2) is 0 Å². The van der Waals surface area contributed by atoms with Crippen molar-refractivity contribution < 1.29 is 9.21 Å². The van der Waals surface area contributed by atoms with Crippen molar-refractivity contribution in [3.63, 3.8) is 0 Å². The molecule has 132 valence electrons. The molecule has 3 aromatic rings. The van der Waals surface area contributed by atoms with E-state index in [2.05, 4.69) is 10.3 Å². The second-order valence-electron chi connectivity index (χ2n) is 6.11. The maximum atomic E-state index is 12.2. The van der Waals surface area contributed by atoms with Gasteiger partial charge >= 0.3 is 0 Å². The summed E-state index contributed by atoms with van der Waals surface area (Å²) >= 11 is 0. The molecule has 0 aliphatic rings. The minimum Gasteiger partial charge on any atom is -0.441 e. The summed E-state index contributed by atoms with van der Waals surface area (Å²) < 4.78 is 5.55. The molecule has 1 amide bonds. The lowest BCUT2D eigenvalue weighted by atomic mass is 10.1. The van der Waals surface area contributed by atoms with Crippen molar-refractivity contribution >= 4 is 28.8 Å². The SMILES string of the molecule is CN(C)c1ccc(C=C(C#N)C(=O)NCCc2c[nH]c3ccccc23)o1. The van der Waals surface area contributed by atoms with Gasteiger partial charge in [-0.1, -0.05) is 18.2 Å². The van der Waals surface area contributed by atoms with E-state index in [4.69, 9.17) is 4.42 Å². The Hall–Kier alpha value is -3.46. The number of furan rings is 1. The van der Waals surface area contributed by atoms with Crippen molar-refractivity contribution in [1.82, 2.24) is 10.3 Å². The highest BCUT2D eigenvalue weighted by Crippen LogP contribution is 2.19. The minimum atomic E-state index is -0.407. The largest absolute Gasteiger partial charge is 0.441 e. The lowest BCUT2D eigenvalue weighted by molar-refractivity contribution is -0.117. The molecular weight excluding hydrogens is 328 g/mol. The number of nitrogens with one attached hydrogen (secondary N) is 2. The first kappa shape index (κ1) is 17.4. The maximum absolute atomic E-state index is 12.2. The number of benzene rings is 1. The van der Waals surface area contributed by atoms with E-state index in [0.717, 1.165) is 16.5 Å². The van der Waals surface area contributed by atoms with Crippen LogP contribution in [0, 0.1) is 11.3 Å².